The van der Waals surface area contributed by atoms with Crippen molar-refractivity contribution in [3.8, 4) is 44.5 Å². The Morgan fingerprint density at radius 1 is 0.239 bits per heavy atom. The van der Waals surface area contributed by atoms with Crippen LogP contribution in [-0.2, 0) is 5.41 Å². The molecule has 0 aliphatic heterocycles. The van der Waals surface area contributed by atoms with E-state index in [1.807, 2.05) is 0 Å². The molecule has 314 valence electrons. The molecule has 0 N–H and O–H groups in total. The summed E-state index contributed by atoms with van der Waals surface area (Å²) in [4.78, 5) is 4.93. The van der Waals surface area contributed by atoms with Crippen LogP contribution in [0.25, 0.3) is 55.3 Å². The Bertz CT molecular complexity index is 3600. The summed E-state index contributed by atoms with van der Waals surface area (Å²) in [5, 5.41) is 2.49. The highest BCUT2D eigenvalue weighted by Crippen LogP contribution is 2.66. The first kappa shape index (κ1) is 38.7. The number of nitrogens with zero attached hydrogens (tertiary/aromatic N) is 2. The van der Waals surface area contributed by atoms with Crippen LogP contribution >= 0.6 is 0 Å². The van der Waals surface area contributed by atoms with Crippen LogP contribution < -0.4 is 9.80 Å². The highest BCUT2D eigenvalue weighted by atomic mass is 15.2. The Morgan fingerprint density at radius 2 is 0.657 bits per heavy atom. The molecule has 2 heteroatoms. The molecule has 67 heavy (non-hydrogen) atoms. The van der Waals surface area contributed by atoms with Gasteiger partial charge in [-0.2, -0.15) is 0 Å². The summed E-state index contributed by atoms with van der Waals surface area (Å²) in [6.45, 7) is 0. The first-order valence-corrected chi connectivity index (χ1v) is 23.2. The molecule has 0 bridgehead atoms. The van der Waals surface area contributed by atoms with Gasteiger partial charge in [0.15, 0.2) is 0 Å². The van der Waals surface area contributed by atoms with E-state index in [2.05, 4.69) is 277 Å². The lowest BCUT2D eigenvalue weighted by atomic mass is 9.70. The van der Waals surface area contributed by atoms with Crippen molar-refractivity contribution in [2.75, 3.05) is 9.80 Å². The van der Waals surface area contributed by atoms with Crippen LogP contribution in [0.2, 0.25) is 0 Å². The zero-order chi connectivity index (χ0) is 44.3. The van der Waals surface area contributed by atoms with Crippen LogP contribution in [0.15, 0.2) is 267 Å². The maximum Gasteiger partial charge on any atom is 0.0727 e. The van der Waals surface area contributed by atoms with E-state index in [0.717, 1.165) is 34.1 Å². The van der Waals surface area contributed by atoms with Gasteiger partial charge in [-0.3, -0.25) is 0 Å². The number of anilines is 6. The van der Waals surface area contributed by atoms with E-state index in [1.165, 1.54) is 77.5 Å². The quantitative estimate of drug-likeness (QED) is 0.150. The Morgan fingerprint density at radius 3 is 1.24 bits per heavy atom. The summed E-state index contributed by atoms with van der Waals surface area (Å²) in [5.41, 5.74) is 20.9. The molecule has 13 rings (SSSR count). The van der Waals surface area contributed by atoms with Gasteiger partial charge in [0.1, 0.15) is 0 Å². The third-order valence-corrected chi connectivity index (χ3v) is 14.0. The predicted octanol–water partition coefficient (Wildman–Crippen LogP) is 17.5. The molecule has 1 spiro atoms. The van der Waals surface area contributed by atoms with Gasteiger partial charge in [-0.15, -0.1) is 0 Å². The largest absolute Gasteiger partial charge is 0.310 e. The maximum absolute atomic E-state index is 2.51. The van der Waals surface area contributed by atoms with Crippen molar-refractivity contribution in [2.24, 2.45) is 0 Å². The summed E-state index contributed by atoms with van der Waals surface area (Å²) in [6, 6.07) is 98.2. The zero-order valence-electron chi connectivity index (χ0n) is 36.8. The topological polar surface area (TPSA) is 6.48 Å². The fraction of sp³-hybridized carbons (Fsp3) is 0.0154. The molecule has 2 nitrogen and oxygen atoms in total. The summed E-state index contributed by atoms with van der Waals surface area (Å²) >= 11 is 0. The van der Waals surface area contributed by atoms with Crippen LogP contribution in [0, 0.1) is 0 Å². The fourth-order valence-electron chi connectivity index (χ4n) is 11.1. The maximum atomic E-state index is 2.51. The van der Waals surface area contributed by atoms with Crippen LogP contribution in [0.1, 0.15) is 22.3 Å². The molecule has 1 atom stereocenters. The third kappa shape index (κ3) is 6.18. The molecule has 0 radical (unpaired) electrons. The first-order chi connectivity index (χ1) is 33.2. The minimum absolute atomic E-state index is 0.605. The number of hydrogen-bond donors (Lipinski definition) is 0. The second-order valence-electron chi connectivity index (χ2n) is 17.6. The molecule has 0 saturated heterocycles. The van der Waals surface area contributed by atoms with E-state index in [9.17, 15) is 0 Å². The normalized spacial score (nSPS) is 14.0. The monoisotopic (exact) mass is 852 g/mol. The molecule has 2 aliphatic rings. The van der Waals surface area contributed by atoms with E-state index < -0.39 is 5.41 Å². The van der Waals surface area contributed by atoms with Crippen LogP contribution in [0.3, 0.4) is 0 Å². The van der Waals surface area contributed by atoms with E-state index in [4.69, 9.17) is 0 Å². The van der Waals surface area contributed by atoms with Crippen LogP contribution in [0.4, 0.5) is 34.1 Å². The number of fused-ring (bicyclic) bond motifs is 11. The minimum Gasteiger partial charge on any atom is -0.310 e. The second kappa shape index (κ2) is 15.8. The Hall–Kier alpha value is -8.72. The summed E-state index contributed by atoms with van der Waals surface area (Å²) in [7, 11) is 0. The van der Waals surface area contributed by atoms with Gasteiger partial charge < -0.3 is 9.80 Å². The van der Waals surface area contributed by atoms with Gasteiger partial charge in [0.05, 0.1) is 11.1 Å². The number of para-hydroxylation sites is 2. The highest BCUT2D eigenvalue weighted by Gasteiger charge is 2.53. The lowest BCUT2D eigenvalue weighted by Crippen LogP contribution is -2.26. The smallest absolute Gasteiger partial charge is 0.0727 e. The van der Waals surface area contributed by atoms with Gasteiger partial charge in [-0.05, 0) is 145 Å². The van der Waals surface area contributed by atoms with Crippen molar-refractivity contribution in [3.05, 3.63) is 289 Å². The zero-order valence-corrected chi connectivity index (χ0v) is 36.8. The molecule has 2 aliphatic carbocycles. The van der Waals surface area contributed by atoms with Gasteiger partial charge in [0.2, 0.25) is 0 Å². The Kier molecular flexibility index (Phi) is 9.11. The van der Waals surface area contributed by atoms with Crippen LogP contribution in [0.5, 0.6) is 0 Å². The lowest BCUT2D eigenvalue weighted by Gasteiger charge is -2.34. The summed E-state index contributed by atoms with van der Waals surface area (Å²) in [5.74, 6) is 0. The average molecular weight is 853 g/mol. The van der Waals surface area contributed by atoms with Crippen molar-refractivity contribution in [3.63, 3.8) is 0 Å². The van der Waals surface area contributed by atoms with E-state index in [1.54, 1.807) is 0 Å². The standard InChI is InChI=1S/C65H44N2/c1-5-19-45(20-6-1)47-33-37-53(38-34-47)66(51-25-9-3-10-26-51)55-43-62-64(63(44-55)67(52-27-11-4-12-28-52)54-39-35-48(36-40-54)46-21-7-2-8-22-46)57-30-16-18-32-60(57)65(62)59-31-17-15-29-56(59)58-41-49-23-13-14-24-50(49)42-61(58)65/h1-44H. The molecule has 1 unspecified atom stereocenters. The molecule has 11 aromatic carbocycles. The van der Waals surface area contributed by atoms with E-state index in [0.29, 0.717) is 0 Å². The molecule has 0 amide bonds. The molecule has 0 aromatic heterocycles. The minimum atomic E-state index is -0.605. The lowest BCUT2D eigenvalue weighted by molar-refractivity contribution is 0.795. The SMILES string of the molecule is c1ccc(-c2ccc(N(c3ccccc3)c3cc(N(c4ccccc4)c4ccc(-c5ccccc5)cc4)c4c(c3)C3(c5ccccc5-c5cc6ccccc6cc53)c3ccccc3-4)cc2)cc1. The number of hydrogen-bond acceptors (Lipinski definition) is 2. The molecule has 0 saturated carbocycles. The summed E-state index contributed by atoms with van der Waals surface area (Å²) < 4.78 is 0. The fourth-order valence-corrected chi connectivity index (χ4v) is 11.1. The van der Waals surface area contributed by atoms with Gasteiger partial charge in [-0.1, -0.05) is 194 Å². The molecular formula is C65H44N2. The predicted molar refractivity (Wildman–Crippen MR) is 280 cm³/mol. The molecule has 0 heterocycles. The number of benzene rings is 11. The first-order valence-electron chi connectivity index (χ1n) is 23.2. The summed E-state index contributed by atoms with van der Waals surface area (Å²) in [6.07, 6.45) is 0. The Balaban J connectivity index is 1.14. The van der Waals surface area contributed by atoms with Crippen molar-refractivity contribution in [1.82, 2.24) is 0 Å². The van der Waals surface area contributed by atoms with Crippen molar-refractivity contribution in [2.45, 2.75) is 5.41 Å². The van der Waals surface area contributed by atoms with Gasteiger partial charge >= 0.3 is 0 Å². The van der Waals surface area contributed by atoms with Crippen molar-refractivity contribution < 1.29 is 0 Å². The van der Waals surface area contributed by atoms with Crippen molar-refractivity contribution >= 4 is 44.9 Å². The van der Waals surface area contributed by atoms with E-state index >= 15 is 0 Å². The van der Waals surface area contributed by atoms with Crippen LogP contribution in [-0.4, -0.2) is 0 Å². The highest BCUT2D eigenvalue weighted by molar-refractivity contribution is 6.05. The molecular weight excluding hydrogens is 809 g/mol. The second-order valence-corrected chi connectivity index (χ2v) is 17.6. The van der Waals surface area contributed by atoms with Crippen molar-refractivity contribution in [1.29, 1.82) is 0 Å². The van der Waals surface area contributed by atoms with Gasteiger partial charge in [0.25, 0.3) is 0 Å². The van der Waals surface area contributed by atoms with E-state index in [-0.39, 0.29) is 0 Å². The van der Waals surface area contributed by atoms with Gasteiger partial charge in [-0.25, -0.2) is 0 Å². The van der Waals surface area contributed by atoms with Gasteiger partial charge in [0, 0.05) is 34.0 Å². The third-order valence-electron chi connectivity index (χ3n) is 14.0. The molecule has 0 fully saturated rings. The Labute approximate surface area is 391 Å². The average Bonchev–Trinajstić information content (AvgIpc) is 3.86. The number of rotatable bonds is 8. The molecule has 11 aromatic rings.